The molecular formula is C21H22FN7OS. The number of halogens is 1. The van der Waals surface area contributed by atoms with Crippen LogP contribution in [0.1, 0.15) is 26.1 Å². The maximum atomic E-state index is 14.7. The van der Waals surface area contributed by atoms with Crippen molar-refractivity contribution < 1.29 is 9.13 Å². The average molecular weight is 440 g/mol. The Morgan fingerprint density at radius 1 is 1.00 bits per heavy atom. The van der Waals surface area contributed by atoms with Gasteiger partial charge in [-0.2, -0.15) is 0 Å². The fourth-order valence-corrected chi connectivity index (χ4v) is 3.99. The van der Waals surface area contributed by atoms with Crippen molar-refractivity contribution in [3.63, 3.8) is 0 Å². The van der Waals surface area contributed by atoms with Crippen LogP contribution in [-0.2, 0) is 12.3 Å². The summed E-state index contributed by atoms with van der Waals surface area (Å²) in [5.74, 6) is 2.18. The van der Waals surface area contributed by atoms with E-state index >= 15 is 0 Å². The van der Waals surface area contributed by atoms with Crippen LogP contribution in [0.25, 0.3) is 17.1 Å². The number of benzene rings is 2. The smallest absolute Gasteiger partial charge is 0.196 e. The molecule has 0 atom stereocenters. The summed E-state index contributed by atoms with van der Waals surface area (Å²) < 4.78 is 23.7. The van der Waals surface area contributed by atoms with Gasteiger partial charge in [-0.3, -0.25) is 4.57 Å². The van der Waals surface area contributed by atoms with Crippen molar-refractivity contribution in [1.82, 2.24) is 35.0 Å². The van der Waals surface area contributed by atoms with E-state index in [2.05, 4.69) is 32.6 Å². The number of thioether (sulfide) groups is 1. The van der Waals surface area contributed by atoms with Crippen LogP contribution in [0.2, 0.25) is 0 Å². The second-order valence-corrected chi connectivity index (χ2v) is 7.60. The Balaban J connectivity index is 1.70. The molecule has 2 aromatic heterocycles. The molecule has 0 saturated heterocycles. The molecule has 8 nitrogen and oxygen atoms in total. The van der Waals surface area contributed by atoms with Gasteiger partial charge in [-0.25, -0.2) is 9.07 Å². The molecule has 4 aromatic rings. The highest BCUT2D eigenvalue weighted by Crippen LogP contribution is 2.31. The van der Waals surface area contributed by atoms with Crippen LogP contribution in [0, 0.1) is 5.82 Å². The number of tetrazole rings is 1. The van der Waals surface area contributed by atoms with Crippen molar-refractivity contribution in [2.45, 2.75) is 37.7 Å². The second-order valence-electron chi connectivity index (χ2n) is 6.66. The molecule has 4 rings (SSSR count). The highest BCUT2D eigenvalue weighted by molar-refractivity contribution is 7.98. The fourth-order valence-electron chi connectivity index (χ4n) is 3.11. The standard InChI is InChI=1S/C21H22FN7OS/c1-3-13-28-19(23-26-27-28)14-31-21-25-24-20(15-9-11-16(12-10-15)30-4-2)29(21)18-8-6-5-7-17(18)22/h5-12H,3-4,13-14H2,1-2H3. The summed E-state index contributed by atoms with van der Waals surface area (Å²) in [5, 5.41) is 21.1. The van der Waals surface area contributed by atoms with Crippen LogP contribution in [0.4, 0.5) is 4.39 Å². The number of hydrogen-bond donors (Lipinski definition) is 0. The van der Waals surface area contributed by atoms with Gasteiger partial charge in [0.15, 0.2) is 16.8 Å². The second kappa shape index (κ2) is 9.69. The molecule has 0 N–H and O–H groups in total. The third kappa shape index (κ3) is 4.58. The zero-order chi connectivity index (χ0) is 21.6. The minimum absolute atomic E-state index is 0.354. The minimum atomic E-state index is -0.354. The van der Waals surface area contributed by atoms with Crippen molar-refractivity contribution in [3.8, 4) is 22.8 Å². The summed E-state index contributed by atoms with van der Waals surface area (Å²) in [6.45, 7) is 5.32. The summed E-state index contributed by atoms with van der Waals surface area (Å²) in [7, 11) is 0. The first kappa shape index (κ1) is 21.0. The molecular weight excluding hydrogens is 417 g/mol. The van der Waals surface area contributed by atoms with Crippen LogP contribution < -0.4 is 4.74 Å². The first-order valence-electron chi connectivity index (χ1n) is 10.0. The third-order valence-electron chi connectivity index (χ3n) is 4.52. The molecule has 10 heteroatoms. The van der Waals surface area contributed by atoms with Crippen LogP contribution in [-0.4, -0.2) is 41.6 Å². The lowest BCUT2D eigenvalue weighted by Crippen LogP contribution is -2.05. The van der Waals surface area contributed by atoms with Gasteiger partial charge in [-0.15, -0.1) is 15.3 Å². The highest BCUT2D eigenvalue weighted by atomic mass is 32.2. The van der Waals surface area contributed by atoms with Gasteiger partial charge in [0.2, 0.25) is 0 Å². The van der Waals surface area contributed by atoms with Crippen LogP contribution in [0.15, 0.2) is 53.7 Å². The normalized spacial score (nSPS) is 11.1. The molecule has 0 unspecified atom stereocenters. The Morgan fingerprint density at radius 3 is 2.55 bits per heavy atom. The summed E-state index contributed by atoms with van der Waals surface area (Å²) in [4.78, 5) is 0. The predicted molar refractivity (Wildman–Crippen MR) is 116 cm³/mol. The Kier molecular flexibility index (Phi) is 6.56. The number of hydrogen-bond acceptors (Lipinski definition) is 7. The number of nitrogens with zero attached hydrogens (tertiary/aromatic N) is 7. The minimum Gasteiger partial charge on any atom is -0.494 e. The molecule has 0 aliphatic carbocycles. The van der Waals surface area contributed by atoms with Gasteiger partial charge < -0.3 is 4.74 Å². The molecule has 2 aromatic carbocycles. The lowest BCUT2D eigenvalue weighted by Gasteiger charge is -2.11. The zero-order valence-electron chi connectivity index (χ0n) is 17.3. The van der Waals surface area contributed by atoms with Crippen molar-refractivity contribution in [2.24, 2.45) is 0 Å². The lowest BCUT2D eigenvalue weighted by atomic mass is 10.2. The molecule has 2 heterocycles. The molecule has 0 saturated carbocycles. The maximum Gasteiger partial charge on any atom is 0.196 e. The van der Waals surface area contributed by atoms with Crippen molar-refractivity contribution >= 4 is 11.8 Å². The Hall–Kier alpha value is -3.27. The monoisotopic (exact) mass is 439 g/mol. The Labute approximate surface area is 183 Å². The quantitative estimate of drug-likeness (QED) is 0.362. The summed E-state index contributed by atoms with van der Waals surface area (Å²) in [6, 6.07) is 14.1. The molecule has 0 fully saturated rings. The lowest BCUT2D eigenvalue weighted by molar-refractivity contribution is 0.340. The maximum absolute atomic E-state index is 14.7. The van der Waals surface area contributed by atoms with E-state index in [-0.39, 0.29) is 5.82 Å². The SMILES string of the molecule is CCCn1nnnc1CSc1nnc(-c2ccc(OCC)cc2)n1-c1ccccc1F. The van der Waals surface area contributed by atoms with E-state index in [1.54, 1.807) is 27.4 Å². The van der Waals surface area contributed by atoms with E-state index in [1.165, 1.54) is 17.8 Å². The first-order valence-corrected chi connectivity index (χ1v) is 11.0. The highest BCUT2D eigenvalue weighted by Gasteiger charge is 2.19. The molecule has 0 bridgehead atoms. The van der Waals surface area contributed by atoms with Gasteiger partial charge >= 0.3 is 0 Å². The number of rotatable bonds is 9. The van der Waals surface area contributed by atoms with Crippen molar-refractivity contribution in [3.05, 3.63) is 60.2 Å². The van der Waals surface area contributed by atoms with E-state index in [0.29, 0.717) is 29.0 Å². The van der Waals surface area contributed by atoms with E-state index in [4.69, 9.17) is 4.74 Å². The molecule has 160 valence electrons. The largest absolute Gasteiger partial charge is 0.494 e. The van der Waals surface area contributed by atoms with E-state index < -0.39 is 0 Å². The summed E-state index contributed by atoms with van der Waals surface area (Å²) in [6.07, 6.45) is 0.927. The van der Waals surface area contributed by atoms with Crippen LogP contribution in [0.5, 0.6) is 5.75 Å². The first-order chi connectivity index (χ1) is 15.2. The van der Waals surface area contributed by atoms with E-state index in [9.17, 15) is 4.39 Å². The van der Waals surface area contributed by atoms with Crippen molar-refractivity contribution in [1.29, 1.82) is 0 Å². The van der Waals surface area contributed by atoms with Crippen molar-refractivity contribution in [2.75, 3.05) is 6.61 Å². The zero-order valence-corrected chi connectivity index (χ0v) is 18.1. The Morgan fingerprint density at radius 2 is 1.81 bits per heavy atom. The average Bonchev–Trinajstić information content (AvgIpc) is 3.40. The summed E-state index contributed by atoms with van der Waals surface area (Å²) >= 11 is 1.41. The van der Waals surface area contributed by atoms with Gasteiger partial charge in [-0.1, -0.05) is 30.8 Å². The molecule has 0 radical (unpaired) electrons. The van der Waals surface area contributed by atoms with E-state index in [0.717, 1.165) is 30.1 Å². The molecule has 0 aliphatic heterocycles. The number of ether oxygens (including phenoxy) is 1. The number of aromatic nitrogens is 7. The number of aryl methyl sites for hydroxylation is 1. The molecule has 0 spiro atoms. The van der Waals surface area contributed by atoms with Crippen LogP contribution in [0.3, 0.4) is 0 Å². The van der Waals surface area contributed by atoms with Gasteiger partial charge in [0.05, 0.1) is 18.0 Å². The topological polar surface area (TPSA) is 83.5 Å². The van der Waals surface area contributed by atoms with Gasteiger partial charge in [0, 0.05) is 12.1 Å². The Bertz CT molecular complexity index is 1140. The summed E-state index contributed by atoms with van der Waals surface area (Å²) in [5.41, 5.74) is 1.19. The molecule has 0 aliphatic rings. The number of para-hydroxylation sites is 1. The molecule has 31 heavy (non-hydrogen) atoms. The third-order valence-corrected chi connectivity index (χ3v) is 5.45. The van der Waals surface area contributed by atoms with Crippen LogP contribution >= 0.6 is 11.8 Å². The van der Waals surface area contributed by atoms with Gasteiger partial charge in [0.1, 0.15) is 11.6 Å². The van der Waals surface area contributed by atoms with Gasteiger partial charge in [-0.05, 0) is 60.2 Å². The van der Waals surface area contributed by atoms with Gasteiger partial charge in [0.25, 0.3) is 0 Å². The molecule has 0 amide bonds. The van der Waals surface area contributed by atoms with E-state index in [1.807, 2.05) is 31.2 Å². The predicted octanol–water partition coefficient (Wildman–Crippen LogP) is 4.16. The fraction of sp³-hybridized carbons (Fsp3) is 0.286.